The third-order valence-corrected chi connectivity index (χ3v) is 4.74. The summed E-state index contributed by atoms with van der Waals surface area (Å²) in [7, 11) is 0. The van der Waals surface area contributed by atoms with Gasteiger partial charge in [0.15, 0.2) is 10.8 Å². The molecule has 4 atom stereocenters. The number of ether oxygens (including phenoxy) is 1. The van der Waals surface area contributed by atoms with Crippen molar-refractivity contribution in [2.75, 3.05) is 6.61 Å². The summed E-state index contributed by atoms with van der Waals surface area (Å²) < 4.78 is 7.99. The van der Waals surface area contributed by atoms with Crippen molar-refractivity contribution in [3.8, 4) is 0 Å². The van der Waals surface area contributed by atoms with Crippen molar-refractivity contribution in [1.29, 1.82) is 0 Å². The maximum Gasteiger partial charge on any atom is 0.166 e. The molecule has 0 saturated carbocycles. The van der Waals surface area contributed by atoms with E-state index in [1.54, 1.807) is 6.33 Å². The van der Waals surface area contributed by atoms with E-state index in [9.17, 15) is 5.11 Å². The summed E-state index contributed by atoms with van der Waals surface area (Å²) in [6, 6.07) is 0. The molecular formula is C14H15ClN4O2. The minimum absolute atomic E-state index is 0.0356. The van der Waals surface area contributed by atoms with Gasteiger partial charge in [-0.2, -0.15) is 0 Å². The summed E-state index contributed by atoms with van der Waals surface area (Å²) in [5, 5.41) is 9.90. The average Bonchev–Trinajstić information content (AvgIpc) is 3.09. The lowest BCUT2D eigenvalue weighted by molar-refractivity contribution is -0.0349. The molecule has 1 aliphatic heterocycles. The van der Waals surface area contributed by atoms with Gasteiger partial charge < -0.3 is 9.84 Å². The molecule has 1 fully saturated rings. The highest BCUT2D eigenvalue weighted by Crippen LogP contribution is 2.46. The molecule has 0 spiro atoms. The first-order chi connectivity index (χ1) is 10.3. The van der Waals surface area contributed by atoms with E-state index in [4.69, 9.17) is 16.3 Å². The van der Waals surface area contributed by atoms with Crippen LogP contribution >= 0.6 is 11.6 Å². The van der Waals surface area contributed by atoms with Gasteiger partial charge in [-0.25, -0.2) is 15.0 Å². The maximum absolute atomic E-state index is 9.56. The predicted molar refractivity (Wildman–Crippen MR) is 76.7 cm³/mol. The number of allylic oxidation sites excluding steroid dienone is 2. The molecule has 2 aromatic rings. The zero-order valence-electron chi connectivity index (χ0n) is 11.3. The highest BCUT2D eigenvalue weighted by Gasteiger charge is 2.45. The first kappa shape index (κ1) is 13.2. The molecule has 6 nitrogen and oxygen atoms in total. The number of halogens is 1. The second-order valence-electron chi connectivity index (χ2n) is 5.51. The van der Waals surface area contributed by atoms with Gasteiger partial charge in [0.05, 0.1) is 19.0 Å². The molecule has 0 aromatic carbocycles. The topological polar surface area (TPSA) is 73.1 Å². The lowest BCUT2D eigenvalue weighted by Gasteiger charge is -2.25. The molecule has 21 heavy (non-hydrogen) atoms. The lowest BCUT2D eigenvalue weighted by atomic mass is 9.81. The largest absolute Gasteiger partial charge is 0.394 e. The summed E-state index contributed by atoms with van der Waals surface area (Å²) in [4.78, 5) is 12.5. The molecule has 0 bridgehead atoms. The molecule has 1 aliphatic carbocycles. The van der Waals surface area contributed by atoms with E-state index < -0.39 is 0 Å². The third kappa shape index (κ3) is 1.97. The van der Waals surface area contributed by atoms with Crippen molar-refractivity contribution in [3.63, 3.8) is 0 Å². The van der Waals surface area contributed by atoms with Crippen LogP contribution in [0.4, 0.5) is 0 Å². The van der Waals surface area contributed by atoms with Crippen molar-refractivity contribution in [2.24, 2.45) is 11.8 Å². The van der Waals surface area contributed by atoms with Crippen molar-refractivity contribution in [3.05, 3.63) is 30.0 Å². The van der Waals surface area contributed by atoms with E-state index >= 15 is 0 Å². The van der Waals surface area contributed by atoms with E-state index in [0.717, 1.165) is 12.8 Å². The quantitative estimate of drug-likeness (QED) is 0.678. The van der Waals surface area contributed by atoms with Gasteiger partial charge in [-0.1, -0.05) is 23.8 Å². The summed E-state index contributed by atoms with van der Waals surface area (Å²) in [5.74, 6) is 0.651. The zero-order chi connectivity index (χ0) is 14.4. The van der Waals surface area contributed by atoms with Crippen LogP contribution in [0.25, 0.3) is 11.2 Å². The van der Waals surface area contributed by atoms with Crippen LogP contribution in [0.1, 0.15) is 19.1 Å². The van der Waals surface area contributed by atoms with Crippen LogP contribution in [-0.4, -0.2) is 37.3 Å². The molecular weight excluding hydrogens is 292 g/mol. The number of nitrogens with zero attached hydrogens (tertiary/aromatic N) is 4. The summed E-state index contributed by atoms with van der Waals surface area (Å²) in [5.41, 5.74) is 1.25. The standard InChI is InChI=1S/C14H15ClN4O2/c15-12-11-13(17-6-16-12)19(7-18-11)14-9-4-2-1-3-8(9)10(5-20)21-14/h1-2,6-10,14,20H,3-5H2/t8-,9+,10+,14?/m0/s1. The fourth-order valence-electron chi connectivity index (χ4n) is 3.45. The number of fused-ring (bicyclic) bond motifs is 2. The Kier molecular flexibility index (Phi) is 3.17. The Bertz CT molecular complexity index is 701. The van der Waals surface area contributed by atoms with Gasteiger partial charge in [0.2, 0.25) is 0 Å². The fraction of sp³-hybridized carbons (Fsp3) is 0.500. The van der Waals surface area contributed by atoms with Gasteiger partial charge in [0.1, 0.15) is 18.1 Å². The fourth-order valence-corrected chi connectivity index (χ4v) is 3.63. The number of hydrogen-bond donors (Lipinski definition) is 1. The SMILES string of the molecule is OC[C@H]1OC(n2cnc3c(Cl)ncnc32)[C@@H]2CC=CC[C@H]12. The van der Waals surface area contributed by atoms with Crippen LogP contribution in [-0.2, 0) is 4.74 Å². The van der Waals surface area contributed by atoms with Crippen molar-refractivity contribution >= 4 is 22.8 Å². The number of aromatic nitrogens is 4. The Morgan fingerprint density at radius 1 is 1.24 bits per heavy atom. The van der Waals surface area contributed by atoms with Crippen molar-refractivity contribution in [2.45, 2.75) is 25.2 Å². The first-order valence-electron chi connectivity index (χ1n) is 7.04. The Morgan fingerprint density at radius 3 is 2.86 bits per heavy atom. The molecule has 0 amide bonds. The van der Waals surface area contributed by atoms with E-state index in [0.29, 0.717) is 28.2 Å². The minimum atomic E-state index is -0.173. The van der Waals surface area contributed by atoms with Crippen LogP contribution in [0.2, 0.25) is 5.15 Å². The average molecular weight is 307 g/mol. The van der Waals surface area contributed by atoms with Gasteiger partial charge in [0.25, 0.3) is 0 Å². The van der Waals surface area contributed by atoms with Crippen molar-refractivity contribution < 1.29 is 9.84 Å². The zero-order valence-corrected chi connectivity index (χ0v) is 12.0. The van der Waals surface area contributed by atoms with Gasteiger partial charge in [-0.15, -0.1) is 0 Å². The Labute approximate surface area is 126 Å². The molecule has 7 heteroatoms. The Morgan fingerprint density at radius 2 is 2.05 bits per heavy atom. The summed E-state index contributed by atoms with van der Waals surface area (Å²) >= 11 is 6.05. The summed E-state index contributed by atoms with van der Waals surface area (Å²) in [6.45, 7) is 0.0356. The normalized spacial score (nSPS) is 31.7. The number of aliphatic hydroxyl groups excluding tert-OH is 1. The van der Waals surface area contributed by atoms with Crippen LogP contribution < -0.4 is 0 Å². The Balaban J connectivity index is 1.78. The van der Waals surface area contributed by atoms with Crippen molar-refractivity contribution in [1.82, 2.24) is 19.5 Å². The second-order valence-corrected chi connectivity index (χ2v) is 5.86. The minimum Gasteiger partial charge on any atom is -0.394 e. The molecule has 1 saturated heterocycles. The smallest absolute Gasteiger partial charge is 0.166 e. The molecule has 1 N–H and O–H groups in total. The van der Waals surface area contributed by atoms with Gasteiger partial charge in [-0.05, 0) is 18.8 Å². The molecule has 110 valence electrons. The van der Waals surface area contributed by atoms with Crippen LogP contribution in [0.5, 0.6) is 0 Å². The highest BCUT2D eigenvalue weighted by molar-refractivity contribution is 6.33. The monoisotopic (exact) mass is 306 g/mol. The predicted octanol–water partition coefficient (Wildman–Crippen LogP) is 1.95. The molecule has 3 heterocycles. The molecule has 1 unspecified atom stereocenters. The first-order valence-corrected chi connectivity index (χ1v) is 7.41. The van der Waals surface area contributed by atoms with Gasteiger partial charge >= 0.3 is 0 Å². The van der Waals surface area contributed by atoms with E-state index in [1.165, 1.54) is 6.33 Å². The molecule has 4 rings (SSSR count). The molecule has 2 aromatic heterocycles. The van der Waals surface area contributed by atoms with Crippen LogP contribution in [0.15, 0.2) is 24.8 Å². The van der Waals surface area contributed by atoms with E-state index in [2.05, 4.69) is 27.1 Å². The van der Waals surface area contributed by atoms with Crippen LogP contribution in [0, 0.1) is 11.8 Å². The molecule has 2 aliphatic rings. The summed E-state index contributed by atoms with van der Waals surface area (Å²) in [6.07, 6.45) is 9.04. The number of rotatable bonds is 2. The van der Waals surface area contributed by atoms with E-state index in [1.807, 2.05) is 4.57 Å². The maximum atomic E-state index is 9.56. The number of aliphatic hydroxyl groups is 1. The van der Waals surface area contributed by atoms with Gasteiger partial charge in [0, 0.05) is 5.92 Å². The van der Waals surface area contributed by atoms with Gasteiger partial charge in [-0.3, -0.25) is 4.57 Å². The Hall–Kier alpha value is -1.50. The molecule has 0 radical (unpaired) electrons. The number of hydrogen-bond acceptors (Lipinski definition) is 5. The van der Waals surface area contributed by atoms with Crippen LogP contribution in [0.3, 0.4) is 0 Å². The number of imidazole rings is 1. The third-order valence-electron chi connectivity index (χ3n) is 4.46. The lowest BCUT2D eigenvalue weighted by Crippen LogP contribution is -2.25. The van der Waals surface area contributed by atoms with E-state index in [-0.39, 0.29) is 18.9 Å². The highest BCUT2D eigenvalue weighted by atomic mass is 35.5. The second kappa shape index (κ2) is 5.05.